The van der Waals surface area contributed by atoms with E-state index in [0.717, 1.165) is 45.8 Å². The van der Waals surface area contributed by atoms with Crippen molar-refractivity contribution in [2.24, 2.45) is 0 Å². The Labute approximate surface area is 220 Å². The standard InChI is InChI=1S/C31H27F3N4/c1-20-8-5-11-26(18-20)37-15-14-29(36-37)38(30-22(3)16-21(2)17-23(30)4)28-13-7-12-27(35-28)24-9-6-10-25(19-24)31(32,33)34/h5-19H,1-4H3. The fraction of sp³-hybridized carbons (Fsp3) is 0.161. The second kappa shape index (κ2) is 9.82. The first-order valence-corrected chi connectivity index (χ1v) is 12.3. The van der Waals surface area contributed by atoms with Crippen molar-refractivity contribution in [3.8, 4) is 16.9 Å². The average Bonchev–Trinajstić information content (AvgIpc) is 3.36. The lowest BCUT2D eigenvalue weighted by atomic mass is 10.0. The summed E-state index contributed by atoms with van der Waals surface area (Å²) < 4.78 is 42.0. The van der Waals surface area contributed by atoms with E-state index in [1.54, 1.807) is 18.2 Å². The Morgan fingerprint density at radius 1 is 0.711 bits per heavy atom. The summed E-state index contributed by atoms with van der Waals surface area (Å²) in [6.45, 7) is 8.16. The number of aryl methyl sites for hydroxylation is 4. The molecule has 2 aromatic heterocycles. The molecule has 0 aliphatic rings. The van der Waals surface area contributed by atoms with E-state index in [1.807, 2.05) is 73.8 Å². The predicted octanol–water partition coefficient (Wildman–Crippen LogP) is 8.66. The van der Waals surface area contributed by atoms with Gasteiger partial charge in [-0.05, 0) is 80.8 Å². The zero-order valence-electron chi connectivity index (χ0n) is 21.6. The number of rotatable bonds is 5. The monoisotopic (exact) mass is 512 g/mol. The lowest BCUT2D eigenvalue weighted by Crippen LogP contribution is -2.16. The van der Waals surface area contributed by atoms with Gasteiger partial charge in [-0.25, -0.2) is 9.67 Å². The van der Waals surface area contributed by atoms with Gasteiger partial charge in [0.25, 0.3) is 0 Å². The molecule has 2 heterocycles. The fourth-order valence-corrected chi connectivity index (χ4v) is 4.78. The molecule has 5 aromatic rings. The molecule has 38 heavy (non-hydrogen) atoms. The number of benzene rings is 3. The van der Waals surface area contributed by atoms with Crippen molar-refractivity contribution in [1.82, 2.24) is 14.8 Å². The van der Waals surface area contributed by atoms with Gasteiger partial charge < -0.3 is 0 Å². The number of hydrogen-bond acceptors (Lipinski definition) is 3. The van der Waals surface area contributed by atoms with Gasteiger partial charge in [-0.15, -0.1) is 5.10 Å². The van der Waals surface area contributed by atoms with Crippen molar-refractivity contribution < 1.29 is 13.2 Å². The maximum atomic E-state index is 13.4. The Balaban J connectivity index is 1.66. The molecule has 0 fully saturated rings. The Morgan fingerprint density at radius 2 is 1.42 bits per heavy atom. The van der Waals surface area contributed by atoms with Gasteiger partial charge >= 0.3 is 6.18 Å². The molecule has 0 bridgehead atoms. The van der Waals surface area contributed by atoms with E-state index in [4.69, 9.17) is 10.1 Å². The minimum atomic E-state index is -4.43. The third kappa shape index (κ3) is 5.05. The maximum absolute atomic E-state index is 13.4. The highest BCUT2D eigenvalue weighted by atomic mass is 19.4. The van der Waals surface area contributed by atoms with E-state index in [2.05, 4.69) is 18.2 Å². The summed E-state index contributed by atoms with van der Waals surface area (Å²) in [5, 5.41) is 4.88. The Morgan fingerprint density at radius 3 is 2.13 bits per heavy atom. The highest BCUT2D eigenvalue weighted by molar-refractivity contribution is 5.78. The van der Waals surface area contributed by atoms with Gasteiger partial charge in [-0.1, -0.05) is 48.0 Å². The van der Waals surface area contributed by atoms with Gasteiger partial charge in [0.1, 0.15) is 5.82 Å². The maximum Gasteiger partial charge on any atom is 0.416 e. The molecule has 4 nitrogen and oxygen atoms in total. The molecule has 5 rings (SSSR count). The molecule has 0 N–H and O–H groups in total. The summed E-state index contributed by atoms with van der Waals surface area (Å²) >= 11 is 0. The van der Waals surface area contributed by atoms with E-state index < -0.39 is 11.7 Å². The van der Waals surface area contributed by atoms with E-state index in [9.17, 15) is 13.2 Å². The Bertz CT molecular complexity index is 1590. The van der Waals surface area contributed by atoms with Crippen LogP contribution in [0.4, 0.5) is 30.5 Å². The number of aromatic nitrogens is 3. The summed E-state index contributed by atoms with van der Waals surface area (Å²) in [6, 6.07) is 24.8. The molecule has 0 spiro atoms. The smallest absolute Gasteiger partial charge is 0.277 e. The molecule has 0 atom stereocenters. The molecule has 0 unspecified atom stereocenters. The molecular formula is C31H27F3N4. The quantitative estimate of drug-likeness (QED) is 0.236. The SMILES string of the molecule is Cc1cccc(-n2ccc(N(c3cccc(-c4cccc(C(F)(F)F)c4)n3)c3c(C)cc(C)cc3C)n2)c1. The topological polar surface area (TPSA) is 34.0 Å². The van der Waals surface area contributed by atoms with Crippen molar-refractivity contribution in [3.63, 3.8) is 0 Å². The first-order chi connectivity index (χ1) is 18.1. The molecule has 0 saturated heterocycles. The molecule has 0 saturated carbocycles. The van der Waals surface area contributed by atoms with E-state index >= 15 is 0 Å². The van der Waals surface area contributed by atoms with Crippen LogP contribution >= 0.6 is 0 Å². The summed E-state index contributed by atoms with van der Waals surface area (Å²) in [4.78, 5) is 6.80. The second-order valence-electron chi connectivity index (χ2n) is 9.50. The summed E-state index contributed by atoms with van der Waals surface area (Å²) in [7, 11) is 0. The van der Waals surface area contributed by atoms with Crippen molar-refractivity contribution in [1.29, 1.82) is 0 Å². The van der Waals surface area contributed by atoms with Crippen molar-refractivity contribution >= 4 is 17.3 Å². The van der Waals surface area contributed by atoms with Crippen LogP contribution in [0.2, 0.25) is 0 Å². The average molecular weight is 513 g/mol. The number of halogens is 3. The van der Waals surface area contributed by atoms with E-state index in [0.29, 0.717) is 22.9 Å². The molecule has 0 radical (unpaired) electrons. The molecule has 0 aliphatic heterocycles. The molecule has 0 amide bonds. The third-order valence-corrected chi connectivity index (χ3v) is 6.38. The molecule has 3 aromatic carbocycles. The van der Waals surface area contributed by atoms with Gasteiger partial charge in [0.05, 0.1) is 22.6 Å². The van der Waals surface area contributed by atoms with Gasteiger partial charge in [0, 0.05) is 17.8 Å². The van der Waals surface area contributed by atoms with Crippen LogP contribution in [0.25, 0.3) is 16.9 Å². The zero-order chi connectivity index (χ0) is 27.0. The van der Waals surface area contributed by atoms with Crippen LogP contribution in [0.1, 0.15) is 27.8 Å². The normalized spacial score (nSPS) is 11.6. The highest BCUT2D eigenvalue weighted by Crippen LogP contribution is 2.39. The Kier molecular flexibility index (Phi) is 6.53. The van der Waals surface area contributed by atoms with E-state index in [-0.39, 0.29) is 0 Å². The zero-order valence-corrected chi connectivity index (χ0v) is 21.6. The number of pyridine rings is 1. The number of hydrogen-bond donors (Lipinski definition) is 0. The number of alkyl halides is 3. The van der Waals surface area contributed by atoms with Crippen LogP contribution in [-0.2, 0) is 6.18 Å². The summed E-state index contributed by atoms with van der Waals surface area (Å²) in [6.07, 6.45) is -2.54. The van der Waals surface area contributed by atoms with Crippen molar-refractivity contribution in [2.45, 2.75) is 33.9 Å². The lowest BCUT2D eigenvalue weighted by molar-refractivity contribution is -0.137. The highest BCUT2D eigenvalue weighted by Gasteiger charge is 2.30. The van der Waals surface area contributed by atoms with Crippen LogP contribution < -0.4 is 4.90 Å². The first-order valence-electron chi connectivity index (χ1n) is 12.3. The van der Waals surface area contributed by atoms with Crippen LogP contribution in [0, 0.1) is 27.7 Å². The third-order valence-electron chi connectivity index (χ3n) is 6.38. The number of anilines is 3. The fourth-order valence-electron chi connectivity index (χ4n) is 4.78. The predicted molar refractivity (Wildman–Crippen MR) is 145 cm³/mol. The number of nitrogens with zero attached hydrogens (tertiary/aromatic N) is 4. The van der Waals surface area contributed by atoms with Crippen LogP contribution in [0.15, 0.2) is 91.1 Å². The molecule has 7 heteroatoms. The van der Waals surface area contributed by atoms with Crippen LogP contribution in [-0.4, -0.2) is 14.8 Å². The summed E-state index contributed by atoms with van der Waals surface area (Å²) in [5.74, 6) is 1.21. The minimum Gasteiger partial charge on any atom is -0.277 e. The van der Waals surface area contributed by atoms with Crippen LogP contribution in [0.3, 0.4) is 0 Å². The van der Waals surface area contributed by atoms with Crippen LogP contribution in [0.5, 0.6) is 0 Å². The second-order valence-corrected chi connectivity index (χ2v) is 9.50. The van der Waals surface area contributed by atoms with Crippen molar-refractivity contribution in [2.75, 3.05) is 4.90 Å². The minimum absolute atomic E-state index is 0.393. The first kappa shape index (κ1) is 25.3. The van der Waals surface area contributed by atoms with Crippen molar-refractivity contribution in [3.05, 3.63) is 119 Å². The van der Waals surface area contributed by atoms with Gasteiger partial charge in [0.2, 0.25) is 0 Å². The largest absolute Gasteiger partial charge is 0.416 e. The lowest BCUT2D eigenvalue weighted by Gasteiger charge is -2.26. The Hall–Kier alpha value is -4.39. The molecular weight excluding hydrogens is 485 g/mol. The van der Waals surface area contributed by atoms with E-state index in [1.165, 1.54) is 6.07 Å². The van der Waals surface area contributed by atoms with Gasteiger partial charge in [-0.3, -0.25) is 4.90 Å². The summed E-state index contributed by atoms with van der Waals surface area (Å²) in [5.41, 5.74) is 6.33. The van der Waals surface area contributed by atoms with Gasteiger partial charge in [0.15, 0.2) is 5.82 Å². The molecule has 192 valence electrons. The molecule has 0 aliphatic carbocycles. The van der Waals surface area contributed by atoms with Gasteiger partial charge in [-0.2, -0.15) is 13.2 Å².